The van der Waals surface area contributed by atoms with E-state index in [1.54, 1.807) is 30.3 Å². The van der Waals surface area contributed by atoms with Crippen molar-refractivity contribution in [3.05, 3.63) is 41.1 Å². The van der Waals surface area contributed by atoms with Crippen molar-refractivity contribution in [2.24, 2.45) is 0 Å². The number of sulfone groups is 1. The van der Waals surface area contributed by atoms with E-state index in [4.69, 9.17) is 4.43 Å². The summed E-state index contributed by atoms with van der Waals surface area (Å²) in [6, 6.07) is 11.0. The molecule has 2 heterocycles. The normalized spacial score (nSPS) is 20.9. The highest BCUT2D eigenvalue weighted by molar-refractivity contribution is 7.95. The monoisotopic (exact) mass is 546 g/mol. The van der Waals surface area contributed by atoms with E-state index in [9.17, 15) is 13.7 Å². The third-order valence-corrected chi connectivity index (χ3v) is 14.5. The summed E-state index contributed by atoms with van der Waals surface area (Å²) in [5.74, 6) is 0.563. The molecule has 1 aromatic rings. The molecule has 0 amide bonds. The van der Waals surface area contributed by atoms with Gasteiger partial charge in [-0.05, 0) is 69.4 Å². The van der Waals surface area contributed by atoms with Gasteiger partial charge in [-0.1, -0.05) is 39.0 Å². The fraction of sp³-hybridized carbons (Fsp3) is 0.679. The summed E-state index contributed by atoms with van der Waals surface area (Å²) in [5, 5.41) is 10.3. The average molecular weight is 547 g/mol. The Morgan fingerprint density at radius 2 is 1.68 bits per heavy atom. The second kappa shape index (κ2) is 12.3. The zero-order valence-electron chi connectivity index (χ0n) is 23.7. The first-order valence-electron chi connectivity index (χ1n) is 13.7. The number of allylic oxidation sites excluding steroid dienone is 1. The summed E-state index contributed by atoms with van der Waals surface area (Å²) < 4.78 is 33.5. The van der Waals surface area contributed by atoms with Crippen molar-refractivity contribution in [3.63, 3.8) is 0 Å². The molecule has 2 aliphatic heterocycles. The van der Waals surface area contributed by atoms with E-state index in [2.05, 4.69) is 61.6 Å². The molecule has 0 unspecified atom stereocenters. The number of rotatable bonds is 11. The molecule has 9 heteroatoms. The van der Waals surface area contributed by atoms with Gasteiger partial charge in [-0.3, -0.25) is 0 Å². The zero-order valence-corrected chi connectivity index (χ0v) is 25.5. The molecule has 206 valence electrons. The number of likely N-dealkylation sites (tertiary alicyclic amines) is 1. The van der Waals surface area contributed by atoms with Gasteiger partial charge >= 0.3 is 0 Å². The van der Waals surface area contributed by atoms with Gasteiger partial charge in [0.05, 0.1) is 4.90 Å². The van der Waals surface area contributed by atoms with Crippen LogP contribution in [0.4, 0.5) is 0 Å². The van der Waals surface area contributed by atoms with Crippen LogP contribution in [0, 0.1) is 11.3 Å². The summed E-state index contributed by atoms with van der Waals surface area (Å²) in [4.78, 5) is 6.75. The second-order valence-electron chi connectivity index (χ2n) is 11.9. The maximum Gasteiger partial charge on any atom is 0.220 e. The highest BCUT2D eigenvalue weighted by atomic mass is 32.2. The quantitative estimate of drug-likeness (QED) is 0.218. The number of benzene rings is 1. The topological polar surface area (TPSA) is 76.9 Å². The first kappa shape index (κ1) is 29.7. The maximum atomic E-state index is 13.6. The number of hydrogen-bond donors (Lipinski definition) is 0. The average Bonchev–Trinajstić information content (AvgIpc) is 3.43. The lowest BCUT2D eigenvalue weighted by atomic mass is 10.2. The van der Waals surface area contributed by atoms with Crippen molar-refractivity contribution in [1.29, 1.82) is 5.26 Å². The Hall–Kier alpha value is -1.86. The predicted molar refractivity (Wildman–Crippen MR) is 152 cm³/mol. The highest BCUT2D eigenvalue weighted by Crippen LogP contribution is 2.36. The first-order valence-corrected chi connectivity index (χ1v) is 18.1. The van der Waals surface area contributed by atoms with Crippen LogP contribution in [0.3, 0.4) is 0 Å². The van der Waals surface area contributed by atoms with Crippen LogP contribution in [0.2, 0.25) is 18.1 Å². The Balaban J connectivity index is 1.79. The molecule has 0 bridgehead atoms. The molecular formula is C28H46N4O3SSi. The molecule has 0 spiro atoms. The third kappa shape index (κ3) is 7.17. The molecular weight excluding hydrogens is 500 g/mol. The molecule has 7 nitrogen and oxygen atoms in total. The molecule has 2 saturated heterocycles. The van der Waals surface area contributed by atoms with E-state index in [0.717, 1.165) is 39.0 Å². The van der Waals surface area contributed by atoms with Gasteiger partial charge in [-0.25, -0.2) is 8.42 Å². The molecule has 2 fully saturated rings. The van der Waals surface area contributed by atoms with Crippen LogP contribution in [0.25, 0.3) is 0 Å². The summed E-state index contributed by atoms with van der Waals surface area (Å²) in [5.41, 5.74) is 0. The largest absolute Gasteiger partial charge is 0.417 e. The number of nitrogens with zero attached hydrogens (tertiary/aromatic N) is 4. The van der Waals surface area contributed by atoms with Gasteiger partial charge in [0.25, 0.3) is 0 Å². The molecule has 0 saturated carbocycles. The zero-order chi connectivity index (χ0) is 27.3. The minimum absolute atomic E-state index is 0.143. The lowest BCUT2D eigenvalue weighted by molar-refractivity contribution is 0.240. The maximum absolute atomic E-state index is 13.6. The molecule has 1 atom stereocenters. The van der Waals surface area contributed by atoms with Crippen LogP contribution in [-0.2, 0) is 14.3 Å². The SMILES string of the molecule is C[C@@H]1CCCN1CCCN1CCN(CCCO[Si](C)(C)C(C)(C)C)C1=C(C#N)S(=O)(=O)c1ccccc1. The summed E-state index contributed by atoms with van der Waals surface area (Å²) in [7, 11) is -5.77. The van der Waals surface area contributed by atoms with Crippen LogP contribution >= 0.6 is 0 Å². The van der Waals surface area contributed by atoms with E-state index in [1.807, 2.05) is 0 Å². The van der Waals surface area contributed by atoms with Crippen molar-refractivity contribution < 1.29 is 12.8 Å². The fourth-order valence-corrected chi connectivity index (χ4v) is 7.37. The van der Waals surface area contributed by atoms with E-state index in [1.165, 1.54) is 12.8 Å². The molecule has 3 rings (SSSR count). The molecule has 2 aliphatic rings. The minimum atomic E-state index is -3.92. The lowest BCUT2D eigenvalue weighted by Gasteiger charge is -2.36. The first-order chi connectivity index (χ1) is 17.4. The van der Waals surface area contributed by atoms with E-state index >= 15 is 0 Å². The van der Waals surface area contributed by atoms with Crippen LogP contribution < -0.4 is 0 Å². The predicted octanol–water partition coefficient (Wildman–Crippen LogP) is 5.06. The second-order valence-corrected chi connectivity index (χ2v) is 18.6. The van der Waals surface area contributed by atoms with Crippen LogP contribution in [0.5, 0.6) is 0 Å². The molecule has 1 aromatic carbocycles. The van der Waals surface area contributed by atoms with Crippen molar-refractivity contribution in [1.82, 2.24) is 14.7 Å². The van der Waals surface area contributed by atoms with E-state index in [-0.39, 0.29) is 14.8 Å². The molecule has 0 aliphatic carbocycles. The molecule has 0 aromatic heterocycles. The number of hydrogen-bond acceptors (Lipinski definition) is 7. The smallest absolute Gasteiger partial charge is 0.220 e. The van der Waals surface area contributed by atoms with Crippen LogP contribution in [-0.4, -0.2) is 83.4 Å². The van der Waals surface area contributed by atoms with Crippen molar-refractivity contribution in [2.45, 2.75) is 82.4 Å². The van der Waals surface area contributed by atoms with Gasteiger partial charge in [0.2, 0.25) is 9.84 Å². The third-order valence-electron chi connectivity index (χ3n) is 8.27. The highest BCUT2D eigenvalue weighted by Gasteiger charge is 2.37. The Morgan fingerprint density at radius 1 is 1.05 bits per heavy atom. The summed E-state index contributed by atoms with van der Waals surface area (Å²) in [6.45, 7) is 19.1. The van der Waals surface area contributed by atoms with Crippen molar-refractivity contribution >= 4 is 18.2 Å². The van der Waals surface area contributed by atoms with Gasteiger partial charge in [0, 0.05) is 45.4 Å². The molecule has 0 radical (unpaired) electrons. The van der Waals surface area contributed by atoms with Gasteiger partial charge < -0.3 is 19.1 Å². The lowest BCUT2D eigenvalue weighted by Crippen LogP contribution is -2.41. The molecule has 0 N–H and O–H groups in total. The Morgan fingerprint density at radius 3 is 2.22 bits per heavy atom. The van der Waals surface area contributed by atoms with Gasteiger partial charge in [-0.15, -0.1) is 0 Å². The van der Waals surface area contributed by atoms with E-state index in [0.29, 0.717) is 31.6 Å². The minimum Gasteiger partial charge on any atom is -0.417 e. The summed E-state index contributed by atoms with van der Waals surface area (Å²) in [6.07, 6.45) is 4.22. The van der Waals surface area contributed by atoms with Gasteiger partial charge in [0.1, 0.15) is 11.9 Å². The Labute approximate surface area is 226 Å². The Bertz CT molecular complexity index is 1080. The fourth-order valence-electron chi connectivity index (χ4n) is 4.91. The van der Waals surface area contributed by atoms with Crippen LogP contribution in [0.15, 0.2) is 46.0 Å². The number of nitriles is 1. The molecule has 37 heavy (non-hydrogen) atoms. The van der Waals surface area contributed by atoms with Crippen molar-refractivity contribution in [2.75, 3.05) is 45.9 Å². The van der Waals surface area contributed by atoms with Gasteiger partial charge in [-0.2, -0.15) is 5.26 Å². The Kier molecular flexibility index (Phi) is 9.89. The van der Waals surface area contributed by atoms with Crippen LogP contribution in [0.1, 0.15) is 53.4 Å². The summed E-state index contributed by atoms with van der Waals surface area (Å²) >= 11 is 0. The van der Waals surface area contributed by atoms with Gasteiger partial charge in [0.15, 0.2) is 13.2 Å². The standard InChI is InChI=1S/C28H46N4O3SSi/c1-24-13-10-16-30(24)17-11-18-31-20-21-32(19-12-22-35-37(5,6)28(2,3)4)27(31)26(23-29)36(33,34)25-14-8-7-9-15-25/h7-9,14-15,24H,10-13,16-22H2,1-6H3/t24-/m1/s1. The van der Waals surface area contributed by atoms with Crippen molar-refractivity contribution in [3.8, 4) is 6.07 Å². The van der Waals surface area contributed by atoms with E-state index < -0.39 is 18.2 Å².